The molecule has 0 aromatic carbocycles. The Bertz CT molecular complexity index is 814. The normalized spacial score (nSPS) is 16.3. The molecule has 118 valence electrons. The minimum atomic E-state index is 0.0691. The average Bonchev–Trinajstić information content (AvgIpc) is 3.24. The summed E-state index contributed by atoms with van der Waals surface area (Å²) in [5, 5.41) is 10.4. The van der Waals surface area contributed by atoms with E-state index in [1.807, 2.05) is 30.6 Å². The molecule has 23 heavy (non-hydrogen) atoms. The van der Waals surface area contributed by atoms with Crippen LogP contribution in [-0.2, 0) is 13.0 Å². The highest BCUT2D eigenvalue weighted by Gasteiger charge is 2.26. The number of aromatic nitrogens is 4. The summed E-state index contributed by atoms with van der Waals surface area (Å²) >= 11 is 1.60. The predicted molar refractivity (Wildman–Crippen MR) is 86.9 cm³/mol. The molecule has 1 atom stereocenters. The van der Waals surface area contributed by atoms with E-state index in [9.17, 15) is 0 Å². The van der Waals surface area contributed by atoms with Crippen LogP contribution >= 0.6 is 11.3 Å². The molecule has 0 N–H and O–H groups in total. The van der Waals surface area contributed by atoms with Gasteiger partial charge in [0.25, 0.3) is 5.89 Å². The summed E-state index contributed by atoms with van der Waals surface area (Å²) in [5.41, 5.74) is 2.34. The summed E-state index contributed by atoms with van der Waals surface area (Å²) in [5.74, 6) is 2.07. The fraction of sp³-hybridized carbons (Fsp3) is 0.375. The lowest BCUT2D eigenvalue weighted by Crippen LogP contribution is -2.34. The van der Waals surface area contributed by atoms with Crippen molar-refractivity contribution in [1.82, 2.24) is 25.1 Å². The molecule has 0 aliphatic carbocycles. The van der Waals surface area contributed by atoms with Gasteiger partial charge in [-0.2, -0.15) is 0 Å². The fourth-order valence-electron chi connectivity index (χ4n) is 2.81. The Morgan fingerprint density at radius 2 is 2.26 bits per heavy atom. The van der Waals surface area contributed by atoms with Crippen molar-refractivity contribution in [1.29, 1.82) is 0 Å². The first-order valence-electron chi connectivity index (χ1n) is 7.63. The average molecular weight is 327 g/mol. The second kappa shape index (κ2) is 5.82. The Morgan fingerprint density at radius 1 is 1.35 bits per heavy atom. The first kappa shape index (κ1) is 14.5. The molecule has 0 spiro atoms. The lowest BCUT2D eigenvalue weighted by atomic mass is 10.1. The highest BCUT2D eigenvalue weighted by atomic mass is 32.1. The minimum Gasteiger partial charge on any atom is -0.418 e. The van der Waals surface area contributed by atoms with Gasteiger partial charge in [-0.05, 0) is 37.3 Å². The Morgan fingerprint density at radius 3 is 3.09 bits per heavy atom. The quantitative estimate of drug-likeness (QED) is 0.736. The van der Waals surface area contributed by atoms with E-state index in [0.29, 0.717) is 11.8 Å². The minimum absolute atomic E-state index is 0.0691. The monoisotopic (exact) mass is 327 g/mol. The van der Waals surface area contributed by atoms with E-state index in [1.165, 1.54) is 5.56 Å². The first-order chi connectivity index (χ1) is 11.2. The van der Waals surface area contributed by atoms with Gasteiger partial charge < -0.3 is 4.42 Å². The maximum Gasteiger partial charge on any atom is 0.257 e. The van der Waals surface area contributed by atoms with Gasteiger partial charge in [0, 0.05) is 19.3 Å². The zero-order valence-electron chi connectivity index (χ0n) is 13.1. The van der Waals surface area contributed by atoms with E-state index >= 15 is 0 Å². The van der Waals surface area contributed by atoms with E-state index in [0.717, 1.165) is 35.9 Å². The molecule has 0 saturated carbocycles. The van der Waals surface area contributed by atoms with Gasteiger partial charge in [0.2, 0.25) is 5.89 Å². The van der Waals surface area contributed by atoms with Crippen LogP contribution in [0.2, 0.25) is 0 Å². The van der Waals surface area contributed by atoms with Crippen molar-refractivity contribution in [2.24, 2.45) is 0 Å². The van der Waals surface area contributed by atoms with E-state index < -0.39 is 0 Å². The third-order valence-electron chi connectivity index (χ3n) is 4.17. The number of thiophene rings is 1. The van der Waals surface area contributed by atoms with Gasteiger partial charge in [0.05, 0.1) is 16.6 Å². The molecule has 1 aliphatic rings. The smallest absolute Gasteiger partial charge is 0.257 e. The molecule has 4 heterocycles. The molecule has 0 bridgehead atoms. The van der Waals surface area contributed by atoms with Crippen molar-refractivity contribution < 1.29 is 4.42 Å². The van der Waals surface area contributed by atoms with Crippen LogP contribution in [-0.4, -0.2) is 31.6 Å². The Labute approximate surface area is 138 Å². The molecular formula is C16H17N5OS. The van der Waals surface area contributed by atoms with Gasteiger partial charge in [-0.1, -0.05) is 6.07 Å². The van der Waals surface area contributed by atoms with Gasteiger partial charge in [0.1, 0.15) is 5.82 Å². The molecule has 0 amide bonds. The second-order valence-corrected chi connectivity index (χ2v) is 6.66. The number of nitrogens with zero attached hydrogens (tertiary/aromatic N) is 5. The number of hydrogen-bond acceptors (Lipinski definition) is 7. The van der Waals surface area contributed by atoms with E-state index in [-0.39, 0.29) is 6.04 Å². The zero-order chi connectivity index (χ0) is 15.8. The first-order valence-corrected chi connectivity index (χ1v) is 8.51. The van der Waals surface area contributed by atoms with Crippen LogP contribution in [0.25, 0.3) is 10.8 Å². The number of fused-ring (bicyclic) bond motifs is 1. The van der Waals surface area contributed by atoms with Crippen molar-refractivity contribution in [2.75, 3.05) is 6.54 Å². The lowest BCUT2D eigenvalue weighted by molar-refractivity contribution is 0.164. The largest absolute Gasteiger partial charge is 0.418 e. The van der Waals surface area contributed by atoms with Crippen LogP contribution in [0, 0.1) is 6.92 Å². The Balaban J connectivity index is 1.55. The topological polar surface area (TPSA) is 67.9 Å². The van der Waals surface area contributed by atoms with Gasteiger partial charge >= 0.3 is 0 Å². The van der Waals surface area contributed by atoms with Gasteiger partial charge in [-0.25, -0.2) is 9.97 Å². The summed E-state index contributed by atoms with van der Waals surface area (Å²) in [4.78, 5) is 12.2. The predicted octanol–water partition coefficient (Wildman–Crippen LogP) is 3.02. The molecule has 0 fully saturated rings. The highest BCUT2D eigenvalue weighted by Crippen LogP contribution is 2.29. The van der Waals surface area contributed by atoms with Crippen LogP contribution in [0.5, 0.6) is 0 Å². The fourth-order valence-corrected chi connectivity index (χ4v) is 3.46. The molecule has 3 aromatic rings. The summed E-state index contributed by atoms with van der Waals surface area (Å²) < 4.78 is 5.87. The third-order valence-corrected chi connectivity index (χ3v) is 5.03. The zero-order valence-corrected chi connectivity index (χ0v) is 13.9. The molecule has 1 unspecified atom stereocenters. The molecule has 1 aliphatic heterocycles. The van der Waals surface area contributed by atoms with Crippen molar-refractivity contribution in [3.8, 4) is 10.8 Å². The maximum absolute atomic E-state index is 5.87. The maximum atomic E-state index is 5.87. The number of hydrogen-bond donors (Lipinski definition) is 0. The van der Waals surface area contributed by atoms with E-state index in [4.69, 9.17) is 4.42 Å². The van der Waals surface area contributed by atoms with Crippen molar-refractivity contribution >= 4 is 11.3 Å². The molecule has 0 saturated heterocycles. The molecule has 4 rings (SSSR count). The van der Waals surface area contributed by atoms with Crippen molar-refractivity contribution in [3.63, 3.8) is 0 Å². The lowest BCUT2D eigenvalue weighted by Gasteiger charge is -2.31. The van der Waals surface area contributed by atoms with E-state index in [1.54, 1.807) is 11.3 Å². The van der Waals surface area contributed by atoms with Crippen LogP contribution in [0.1, 0.15) is 35.9 Å². The summed E-state index contributed by atoms with van der Waals surface area (Å²) in [6.07, 6.45) is 2.90. The number of rotatable bonds is 3. The second-order valence-electron chi connectivity index (χ2n) is 5.71. The summed E-state index contributed by atoms with van der Waals surface area (Å²) in [7, 11) is 0. The Hall–Kier alpha value is -2.12. The van der Waals surface area contributed by atoms with Crippen molar-refractivity contribution in [3.05, 3.63) is 46.7 Å². The molecule has 6 nitrogen and oxygen atoms in total. The van der Waals surface area contributed by atoms with Crippen LogP contribution in [0.3, 0.4) is 0 Å². The number of aryl methyl sites for hydroxylation is 1. The van der Waals surface area contributed by atoms with Crippen LogP contribution in [0.15, 0.2) is 28.1 Å². The summed E-state index contributed by atoms with van der Waals surface area (Å²) in [6.45, 7) is 5.76. The SMILES string of the molecule is Cc1ncc2c(n1)CN(C(C)c1nnc(-c3cccs3)o1)CC2. The van der Waals surface area contributed by atoms with Gasteiger partial charge in [0.15, 0.2) is 0 Å². The van der Waals surface area contributed by atoms with Gasteiger partial charge in [-0.15, -0.1) is 21.5 Å². The molecule has 7 heteroatoms. The standard InChI is InChI=1S/C16H17N5OS/c1-10(15-19-20-16(22-15)14-4-3-7-23-14)21-6-5-12-8-17-11(2)18-13(12)9-21/h3-4,7-8,10H,5-6,9H2,1-2H3. The summed E-state index contributed by atoms with van der Waals surface area (Å²) in [6, 6.07) is 4.04. The van der Waals surface area contributed by atoms with Crippen molar-refractivity contribution in [2.45, 2.75) is 32.9 Å². The van der Waals surface area contributed by atoms with E-state index in [2.05, 4.69) is 32.0 Å². The molecule has 0 radical (unpaired) electrons. The van der Waals surface area contributed by atoms with Crippen LogP contribution < -0.4 is 0 Å². The third kappa shape index (κ3) is 2.77. The highest BCUT2D eigenvalue weighted by molar-refractivity contribution is 7.13. The van der Waals surface area contributed by atoms with Gasteiger partial charge in [-0.3, -0.25) is 4.90 Å². The molecular weight excluding hydrogens is 310 g/mol. The van der Waals surface area contributed by atoms with Crippen LogP contribution in [0.4, 0.5) is 0 Å². The Kier molecular flexibility index (Phi) is 3.66. The molecule has 3 aromatic heterocycles.